The van der Waals surface area contributed by atoms with Crippen molar-refractivity contribution in [2.75, 3.05) is 23.8 Å². The summed E-state index contributed by atoms with van der Waals surface area (Å²) in [5, 5.41) is 20.2. The van der Waals surface area contributed by atoms with Crippen LogP contribution in [-0.2, 0) is 4.74 Å². The number of aliphatic hydroxyl groups excluding tert-OH is 1. The number of pyridine rings is 1. The molecule has 28 heavy (non-hydrogen) atoms. The standard InChI is InChI=1S/C16H13F2N7O3/c17-11-2-1-3-12(13(11)18)25-15(21-22-23-25)10-4-8(5-20-14(10)19)24-6-9(7-26)28-16(24)27/h1-5,9,26H,6-7H2,(H2,19,20). The van der Waals surface area contributed by atoms with Crippen molar-refractivity contribution in [3.8, 4) is 17.1 Å². The highest BCUT2D eigenvalue weighted by molar-refractivity contribution is 5.91. The van der Waals surface area contributed by atoms with Crippen LogP contribution in [0.2, 0.25) is 0 Å². The molecule has 0 bridgehead atoms. The van der Waals surface area contributed by atoms with Gasteiger partial charge in [0.25, 0.3) is 0 Å². The number of carbonyl (C=O) groups excluding carboxylic acids is 1. The van der Waals surface area contributed by atoms with Crippen molar-refractivity contribution in [3.05, 3.63) is 42.1 Å². The molecule has 1 fully saturated rings. The minimum atomic E-state index is -1.13. The van der Waals surface area contributed by atoms with Crippen molar-refractivity contribution in [2.24, 2.45) is 0 Å². The maximum absolute atomic E-state index is 14.2. The number of nitrogens with zero attached hydrogens (tertiary/aromatic N) is 6. The zero-order valence-corrected chi connectivity index (χ0v) is 14.2. The highest BCUT2D eigenvalue weighted by Gasteiger charge is 2.32. The van der Waals surface area contributed by atoms with E-state index >= 15 is 0 Å². The van der Waals surface area contributed by atoms with Crippen molar-refractivity contribution in [2.45, 2.75) is 6.10 Å². The first-order chi connectivity index (χ1) is 13.5. The predicted molar refractivity (Wildman–Crippen MR) is 91.4 cm³/mol. The summed E-state index contributed by atoms with van der Waals surface area (Å²) in [4.78, 5) is 17.3. The molecule has 144 valence electrons. The summed E-state index contributed by atoms with van der Waals surface area (Å²) in [5.41, 5.74) is 6.22. The summed E-state index contributed by atoms with van der Waals surface area (Å²) in [6.45, 7) is -0.210. The Hall–Kier alpha value is -3.67. The van der Waals surface area contributed by atoms with Gasteiger partial charge in [0.2, 0.25) is 0 Å². The van der Waals surface area contributed by atoms with E-state index in [1.165, 1.54) is 29.3 Å². The van der Waals surface area contributed by atoms with E-state index in [0.717, 1.165) is 10.7 Å². The van der Waals surface area contributed by atoms with Gasteiger partial charge in [-0.15, -0.1) is 5.10 Å². The number of hydrogen-bond donors (Lipinski definition) is 2. The lowest BCUT2D eigenvalue weighted by atomic mass is 10.2. The summed E-state index contributed by atoms with van der Waals surface area (Å²) < 4.78 is 33.8. The van der Waals surface area contributed by atoms with Crippen LogP contribution in [0.15, 0.2) is 30.5 Å². The van der Waals surface area contributed by atoms with E-state index in [1.54, 1.807) is 0 Å². The fraction of sp³-hybridized carbons (Fsp3) is 0.188. The van der Waals surface area contributed by atoms with E-state index < -0.39 is 23.8 Å². The molecule has 1 atom stereocenters. The molecule has 2 aromatic heterocycles. The van der Waals surface area contributed by atoms with E-state index in [1.807, 2.05) is 0 Å². The molecule has 1 amide bonds. The summed E-state index contributed by atoms with van der Waals surface area (Å²) in [5.74, 6) is -2.17. The number of ether oxygens (including phenoxy) is 1. The third-order valence-electron chi connectivity index (χ3n) is 4.16. The number of aliphatic hydroxyl groups is 1. The van der Waals surface area contributed by atoms with Crippen LogP contribution in [0.5, 0.6) is 0 Å². The molecule has 3 aromatic rings. The summed E-state index contributed by atoms with van der Waals surface area (Å²) in [7, 11) is 0. The van der Waals surface area contributed by atoms with Gasteiger partial charge in [0.05, 0.1) is 30.6 Å². The summed E-state index contributed by atoms with van der Waals surface area (Å²) in [6, 6.07) is 5.06. The molecule has 1 aliphatic heterocycles. The van der Waals surface area contributed by atoms with Crippen LogP contribution >= 0.6 is 0 Å². The Labute approximate surface area is 156 Å². The smallest absolute Gasteiger partial charge is 0.414 e. The van der Waals surface area contributed by atoms with Crippen LogP contribution in [0.25, 0.3) is 17.1 Å². The molecule has 12 heteroatoms. The second-order valence-electron chi connectivity index (χ2n) is 5.91. The van der Waals surface area contributed by atoms with Crippen molar-refractivity contribution in [1.82, 2.24) is 25.2 Å². The Morgan fingerprint density at radius 3 is 2.93 bits per heavy atom. The molecule has 3 heterocycles. The molecule has 0 radical (unpaired) electrons. The lowest BCUT2D eigenvalue weighted by Gasteiger charge is -2.14. The highest BCUT2D eigenvalue weighted by atomic mass is 19.2. The van der Waals surface area contributed by atoms with Gasteiger partial charge in [-0.1, -0.05) is 6.07 Å². The number of amides is 1. The van der Waals surface area contributed by atoms with Crippen molar-refractivity contribution >= 4 is 17.6 Å². The molecular formula is C16H13F2N7O3. The third-order valence-corrected chi connectivity index (χ3v) is 4.16. The van der Waals surface area contributed by atoms with Crippen LogP contribution < -0.4 is 10.6 Å². The number of aromatic nitrogens is 5. The number of nitrogens with two attached hydrogens (primary N) is 1. The first kappa shape index (κ1) is 17.7. The number of benzene rings is 1. The number of anilines is 2. The van der Waals surface area contributed by atoms with Crippen LogP contribution in [0, 0.1) is 11.6 Å². The van der Waals surface area contributed by atoms with Gasteiger partial charge in [-0.25, -0.2) is 18.6 Å². The van der Waals surface area contributed by atoms with Gasteiger partial charge in [-0.2, -0.15) is 4.68 Å². The molecule has 10 nitrogen and oxygen atoms in total. The molecule has 3 N–H and O–H groups in total. The average Bonchev–Trinajstić information content (AvgIpc) is 3.31. The van der Waals surface area contributed by atoms with Gasteiger partial charge >= 0.3 is 6.09 Å². The minimum absolute atomic E-state index is 0.00243. The molecule has 1 aliphatic rings. The molecule has 1 unspecified atom stereocenters. The van der Waals surface area contributed by atoms with Crippen LogP contribution in [0.3, 0.4) is 0 Å². The van der Waals surface area contributed by atoms with E-state index in [4.69, 9.17) is 10.5 Å². The Balaban J connectivity index is 1.78. The monoisotopic (exact) mass is 389 g/mol. The lowest BCUT2D eigenvalue weighted by Crippen LogP contribution is -2.25. The van der Waals surface area contributed by atoms with Gasteiger partial charge in [0.15, 0.2) is 17.5 Å². The van der Waals surface area contributed by atoms with Crippen LogP contribution in [0.1, 0.15) is 0 Å². The maximum Gasteiger partial charge on any atom is 0.414 e. The van der Waals surface area contributed by atoms with E-state index in [9.17, 15) is 18.7 Å². The molecule has 0 spiro atoms. The third kappa shape index (κ3) is 2.89. The number of hydrogen-bond acceptors (Lipinski definition) is 8. The van der Waals surface area contributed by atoms with Crippen molar-refractivity contribution in [3.63, 3.8) is 0 Å². The summed E-state index contributed by atoms with van der Waals surface area (Å²) in [6.07, 6.45) is 0.0177. The summed E-state index contributed by atoms with van der Waals surface area (Å²) >= 11 is 0. The Morgan fingerprint density at radius 2 is 2.18 bits per heavy atom. The molecule has 0 aliphatic carbocycles. The Bertz CT molecular complexity index is 1060. The number of halogens is 2. The van der Waals surface area contributed by atoms with E-state index in [0.29, 0.717) is 5.69 Å². The molecule has 4 rings (SSSR count). The quantitative estimate of drug-likeness (QED) is 0.673. The molecule has 1 aromatic carbocycles. The van der Waals surface area contributed by atoms with Crippen LogP contribution in [-0.4, -0.2) is 55.6 Å². The number of rotatable bonds is 4. The van der Waals surface area contributed by atoms with Crippen molar-refractivity contribution < 1.29 is 23.4 Å². The zero-order chi connectivity index (χ0) is 19.8. The number of tetrazole rings is 1. The van der Waals surface area contributed by atoms with E-state index in [2.05, 4.69) is 20.5 Å². The molecular weight excluding hydrogens is 376 g/mol. The van der Waals surface area contributed by atoms with E-state index in [-0.39, 0.29) is 36.0 Å². The van der Waals surface area contributed by atoms with Gasteiger partial charge in [-0.05, 0) is 28.6 Å². The fourth-order valence-corrected chi connectivity index (χ4v) is 2.79. The van der Waals surface area contributed by atoms with Crippen molar-refractivity contribution in [1.29, 1.82) is 0 Å². The van der Waals surface area contributed by atoms with Gasteiger partial charge in [0.1, 0.15) is 17.6 Å². The minimum Gasteiger partial charge on any atom is -0.441 e. The molecule has 0 saturated carbocycles. The second kappa shape index (κ2) is 6.81. The first-order valence-electron chi connectivity index (χ1n) is 8.07. The van der Waals surface area contributed by atoms with Crippen LogP contribution in [0.4, 0.5) is 25.1 Å². The first-order valence-corrected chi connectivity index (χ1v) is 8.07. The Kier molecular flexibility index (Phi) is 4.31. The normalized spacial score (nSPS) is 16.5. The number of carbonyl (C=O) groups is 1. The Morgan fingerprint density at radius 1 is 1.36 bits per heavy atom. The van der Waals surface area contributed by atoms with Gasteiger partial charge in [0, 0.05) is 0 Å². The average molecular weight is 389 g/mol. The van der Waals surface area contributed by atoms with Gasteiger partial charge in [-0.3, -0.25) is 4.90 Å². The largest absolute Gasteiger partial charge is 0.441 e. The van der Waals surface area contributed by atoms with Gasteiger partial charge < -0.3 is 15.6 Å². The predicted octanol–water partition coefficient (Wildman–Crippen LogP) is 0.902. The lowest BCUT2D eigenvalue weighted by molar-refractivity contribution is 0.0963. The second-order valence-corrected chi connectivity index (χ2v) is 5.91. The SMILES string of the molecule is Nc1ncc(N2CC(CO)OC2=O)cc1-c1nnnn1-c1cccc(F)c1F. The maximum atomic E-state index is 14.2. The zero-order valence-electron chi connectivity index (χ0n) is 14.2. The highest BCUT2D eigenvalue weighted by Crippen LogP contribution is 2.30. The molecule has 1 saturated heterocycles. The number of nitrogen functional groups attached to an aromatic ring is 1. The number of cyclic esters (lactones) is 1. The fourth-order valence-electron chi connectivity index (χ4n) is 2.79. The topological polar surface area (TPSA) is 132 Å².